The molecule has 1 aromatic carbocycles. The topological polar surface area (TPSA) is 89.0 Å². The Labute approximate surface area is 172 Å². The van der Waals surface area contributed by atoms with Crippen LogP contribution >= 0.6 is 0 Å². The van der Waals surface area contributed by atoms with E-state index < -0.39 is 11.7 Å². The van der Waals surface area contributed by atoms with Gasteiger partial charge in [-0.15, -0.1) is 0 Å². The first kappa shape index (κ1) is 21.1. The lowest BCUT2D eigenvalue weighted by Gasteiger charge is -2.16. The number of hydrogen-bond donors (Lipinski definition) is 2. The molecular formula is C21H21F2N5O2. The summed E-state index contributed by atoms with van der Waals surface area (Å²) >= 11 is 0. The van der Waals surface area contributed by atoms with E-state index in [0.717, 1.165) is 12.5 Å². The zero-order valence-electron chi connectivity index (χ0n) is 16.7. The fraction of sp³-hybridized carbons (Fsp3) is 0.238. The van der Waals surface area contributed by atoms with E-state index in [1.807, 2.05) is 30.3 Å². The number of nitrogens with one attached hydrogen (secondary N) is 2. The fourth-order valence-corrected chi connectivity index (χ4v) is 2.61. The maximum Gasteiger partial charge on any atom is 0.303 e. The minimum absolute atomic E-state index is 0.170. The van der Waals surface area contributed by atoms with Crippen molar-refractivity contribution in [2.75, 3.05) is 10.6 Å². The van der Waals surface area contributed by atoms with Gasteiger partial charge in [0.25, 0.3) is 0 Å². The van der Waals surface area contributed by atoms with E-state index in [1.54, 1.807) is 13.0 Å². The van der Waals surface area contributed by atoms with Gasteiger partial charge in [0, 0.05) is 31.7 Å². The third-order valence-electron chi connectivity index (χ3n) is 3.92. The molecule has 0 spiro atoms. The molecular weight excluding hydrogens is 392 g/mol. The van der Waals surface area contributed by atoms with Crippen LogP contribution in [0.15, 0.2) is 48.7 Å². The van der Waals surface area contributed by atoms with Crippen molar-refractivity contribution in [3.63, 3.8) is 0 Å². The van der Waals surface area contributed by atoms with E-state index in [4.69, 9.17) is 4.74 Å². The first-order valence-corrected chi connectivity index (χ1v) is 9.16. The smallest absolute Gasteiger partial charge is 0.303 e. The molecule has 0 radical (unpaired) electrons. The van der Waals surface area contributed by atoms with Crippen molar-refractivity contribution in [1.29, 1.82) is 0 Å². The lowest BCUT2D eigenvalue weighted by atomic mass is 10.2. The molecule has 0 saturated heterocycles. The summed E-state index contributed by atoms with van der Waals surface area (Å²) in [7, 11) is 0. The summed E-state index contributed by atoms with van der Waals surface area (Å²) in [4.78, 5) is 23.2. The van der Waals surface area contributed by atoms with Gasteiger partial charge in [-0.3, -0.25) is 4.79 Å². The number of amides is 1. The van der Waals surface area contributed by atoms with E-state index in [2.05, 4.69) is 25.6 Å². The van der Waals surface area contributed by atoms with Gasteiger partial charge >= 0.3 is 5.92 Å². The van der Waals surface area contributed by atoms with Gasteiger partial charge in [0.15, 0.2) is 5.75 Å². The molecule has 0 fully saturated rings. The third-order valence-corrected chi connectivity index (χ3v) is 3.92. The highest BCUT2D eigenvalue weighted by atomic mass is 19.3. The van der Waals surface area contributed by atoms with Gasteiger partial charge in [0.05, 0.1) is 11.9 Å². The van der Waals surface area contributed by atoms with Gasteiger partial charge < -0.3 is 15.4 Å². The highest BCUT2D eigenvalue weighted by Crippen LogP contribution is 2.31. The van der Waals surface area contributed by atoms with E-state index in [1.165, 1.54) is 19.2 Å². The molecule has 156 valence electrons. The number of aryl methyl sites for hydroxylation is 1. The van der Waals surface area contributed by atoms with Crippen LogP contribution in [0.1, 0.15) is 30.9 Å². The Bertz CT molecular complexity index is 1040. The van der Waals surface area contributed by atoms with E-state index in [-0.39, 0.29) is 24.1 Å². The number of pyridine rings is 1. The molecule has 30 heavy (non-hydrogen) atoms. The maximum absolute atomic E-state index is 13.7. The van der Waals surface area contributed by atoms with Gasteiger partial charge in [0.1, 0.15) is 18.2 Å². The number of aromatic nitrogens is 3. The lowest BCUT2D eigenvalue weighted by Crippen LogP contribution is -2.14. The van der Waals surface area contributed by atoms with Crippen molar-refractivity contribution in [3.8, 4) is 5.75 Å². The van der Waals surface area contributed by atoms with Crippen molar-refractivity contribution in [2.45, 2.75) is 33.3 Å². The van der Waals surface area contributed by atoms with Crippen LogP contribution in [-0.2, 0) is 17.3 Å². The number of anilines is 3. The van der Waals surface area contributed by atoms with Gasteiger partial charge in [-0.2, -0.15) is 8.78 Å². The van der Waals surface area contributed by atoms with Gasteiger partial charge in [-0.05, 0) is 12.5 Å². The second-order valence-electron chi connectivity index (χ2n) is 6.75. The molecule has 9 heteroatoms. The molecule has 0 bridgehead atoms. The number of nitrogens with zero attached hydrogens (tertiary/aromatic N) is 3. The van der Waals surface area contributed by atoms with Gasteiger partial charge in [-0.1, -0.05) is 30.3 Å². The summed E-state index contributed by atoms with van der Waals surface area (Å²) in [6, 6.07) is 12.6. The van der Waals surface area contributed by atoms with Crippen LogP contribution < -0.4 is 15.4 Å². The minimum Gasteiger partial charge on any atom is -0.485 e. The van der Waals surface area contributed by atoms with Crippen LogP contribution in [0.2, 0.25) is 0 Å². The van der Waals surface area contributed by atoms with Crippen LogP contribution in [0.3, 0.4) is 0 Å². The lowest BCUT2D eigenvalue weighted by molar-refractivity contribution is -0.114. The van der Waals surface area contributed by atoms with Crippen LogP contribution in [0.4, 0.5) is 26.1 Å². The standard InChI is InChI=1S/C21H21F2N5O2/c1-13-9-19(28-20(25-13)21(3,22)23)27-16-10-18(26-14(2)29)24-11-17(16)30-12-15-7-5-4-6-8-15/h4-11H,12H2,1-3H3,(H2,24,25,26,27,28,29). The zero-order chi connectivity index (χ0) is 21.7. The fourth-order valence-electron chi connectivity index (χ4n) is 2.61. The zero-order valence-corrected chi connectivity index (χ0v) is 16.7. The number of benzene rings is 1. The quantitative estimate of drug-likeness (QED) is 0.590. The molecule has 7 nitrogen and oxygen atoms in total. The Morgan fingerprint density at radius 2 is 1.87 bits per heavy atom. The van der Waals surface area contributed by atoms with Gasteiger partial charge in [0.2, 0.25) is 11.7 Å². The van der Waals surface area contributed by atoms with Crippen LogP contribution in [-0.4, -0.2) is 20.9 Å². The number of rotatable bonds is 7. The van der Waals surface area contributed by atoms with Crippen LogP contribution in [0.25, 0.3) is 0 Å². The molecule has 0 aliphatic rings. The second kappa shape index (κ2) is 8.81. The third kappa shape index (κ3) is 5.69. The highest BCUT2D eigenvalue weighted by Gasteiger charge is 2.29. The Kier molecular flexibility index (Phi) is 6.20. The largest absolute Gasteiger partial charge is 0.485 e. The van der Waals surface area contributed by atoms with Crippen molar-refractivity contribution >= 4 is 23.2 Å². The number of halogens is 2. The normalized spacial score (nSPS) is 11.1. The van der Waals surface area contributed by atoms with E-state index in [0.29, 0.717) is 17.1 Å². The number of carbonyl (C=O) groups excluding carboxylic acids is 1. The van der Waals surface area contributed by atoms with Crippen LogP contribution in [0.5, 0.6) is 5.75 Å². The van der Waals surface area contributed by atoms with Gasteiger partial charge in [-0.25, -0.2) is 15.0 Å². The Morgan fingerprint density at radius 1 is 1.13 bits per heavy atom. The van der Waals surface area contributed by atoms with Crippen molar-refractivity contribution in [2.24, 2.45) is 0 Å². The number of ether oxygens (including phenoxy) is 1. The van der Waals surface area contributed by atoms with Crippen molar-refractivity contribution in [3.05, 3.63) is 65.7 Å². The summed E-state index contributed by atoms with van der Waals surface area (Å²) in [5.74, 6) is -3.25. The molecule has 3 aromatic rings. The van der Waals surface area contributed by atoms with Crippen molar-refractivity contribution < 1.29 is 18.3 Å². The molecule has 2 heterocycles. The predicted molar refractivity (Wildman–Crippen MR) is 109 cm³/mol. The minimum atomic E-state index is -3.19. The molecule has 0 aliphatic carbocycles. The Hall–Kier alpha value is -3.62. The monoisotopic (exact) mass is 413 g/mol. The van der Waals surface area contributed by atoms with E-state index >= 15 is 0 Å². The first-order chi connectivity index (χ1) is 14.2. The molecule has 1 amide bonds. The molecule has 0 aliphatic heterocycles. The van der Waals surface area contributed by atoms with Crippen molar-refractivity contribution in [1.82, 2.24) is 15.0 Å². The van der Waals surface area contributed by atoms with E-state index in [9.17, 15) is 13.6 Å². The molecule has 3 rings (SSSR count). The summed E-state index contributed by atoms with van der Waals surface area (Å²) in [5, 5.41) is 5.56. The Morgan fingerprint density at radius 3 is 2.53 bits per heavy atom. The molecule has 0 saturated carbocycles. The number of carbonyl (C=O) groups is 1. The summed E-state index contributed by atoms with van der Waals surface area (Å²) in [5.41, 5.74) is 1.74. The summed E-state index contributed by atoms with van der Waals surface area (Å²) in [6.07, 6.45) is 1.44. The average Bonchev–Trinajstić information content (AvgIpc) is 2.66. The molecule has 0 unspecified atom stereocenters. The number of hydrogen-bond acceptors (Lipinski definition) is 6. The molecule has 2 aromatic heterocycles. The van der Waals surface area contributed by atoms with Crippen LogP contribution in [0, 0.1) is 6.92 Å². The molecule has 2 N–H and O–H groups in total. The SMILES string of the molecule is CC(=O)Nc1cc(Nc2cc(C)nc(C(C)(F)F)n2)c(OCc2ccccc2)cn1. The number of alkyl halides is 2. The average molecular weight is 413 g/mol. The summed E-state index contributed by atoms with van der Waals surface area (Å²) in [6.45, 7) is 3.97. The maximum atomic E-state index is 13.7. The summed E-state index contributed by atoms with van der Waals surface area (Å²) < 4.78 is 33.3. The first-order valence-electron chi connectivity index (χ1n) is 9.16. The predicted octanol–water partition coefficient (Wildman–Crippen LogP) is 4.57. The highest BCUT2D eigenvalue weighted by molar-refractivity contribution is 5.88. The second-order valence-corrected chi connectivity index (χ2v) is 6.75. The Balaban J connectivity index is 1.92. The molecule has 0 atom stereocenters.